The van der Waals surface area contributed by atoms with Crippen LogP contribution in [0.15, 0.2) is 18.2 Å². The quantitative estimate of drug-likeness (QED) is 0.760. The van der Waals surface area contributed by atoms with Crippen molar-refractivity contribution in [2.75, 3.05) is 13.1 Å². The van der Waals surface area contributed by atoms with Gasteiger partial charge in [0.05, 0.1) is 0 Å². The Hall–Kier alpha value is -1.09. The first-order valence-corrected chi connectivity index (χ1v) is 8.86. The van der Waals surface area contributed by atoms with Crippen molar-refractivity contribution in [2.45, 2.75) is 47.0 Å². The SMILES string of the molecule is CC(C)C(=O)N1CCC[C@](Cc2ccc(F)cc2Cl)(C(C)C)C1. The van der Waals surface area contributed by atoms with E-state index in [9.17, 15) is 9.18 Å². The van der Waals surface area contributed by atoms with Gasteiger partial charge in [0.2, 0.25) is 5.91 Å². The number of likely N-dealkylation sites (tertiary alicyclic amines) is 1. The van der Waals surface area contributed by atoms with Gasteiger partial charge in [0, 0.05) is 24.0 Å². The van der Waals surface area contributed by atoms with Gasteiger partial charge < -0.3 is 4.90 Å². The molecule has 1 saturated heterocycles. The van der Waals surface area contributed by atoms with E-state index >= 15 is 0 Å². The molecule has 1 aromatic rings. The van der Waals surface area contributed by atoms with Crippen LogP contribution in [0, 0.1) is 23.1 Å². The third-order valence-corrected chi connectivity index (χ3v) is 5.55. The molecule has 1 aromatic carbocycles. The number of benzene rings is 1. The monoisotopic (exact) mass is 339 g/mol. The van der Waals surface area contributed by atoms with Crippen LogP contribution in [0.25, 0.3) is 0 Å². The van der Waals surface area contributed by atoms with Crippen LogP contribution in [0.1, 0.15) is 46.1 Å². The Balaban J connectivity index is 2.26. The molecule has 1 aliphatic rings. The average Bonchev–Trinajstić information content (AvgIpc) is 2.49. The Morgan fingerprint density at radius 3 is 2.61 bits per heavy atom. The first-order chi connectivity index (χ1) is 10.7. The van der Waals surface area contributed by atoms with Gasteiger partial charge in [-0.2, -0.15) is 0 Å². The second-order valence-corrected chi connectivity index (χ2v) is 7.85. The largest absolute Gasteiger partial charge is 0.342 e. The van der Waals surface area contributed by atoms with Gasteiger partial charge in [0.1, 0.15) is 5.82 Å². The lowest BCUT2D eigenvalue weighted by atomic mass is 9.67. The van der Waals surface area contributed by atoms with Crippen LogP contribution in [-0.4, -0.2) is 23.9 Å². The molecular formula is C19H27ClFNO. The molecule has 0 N–H and O–H groups in total. The van der Waals surface area contributed by atoms with Crippen LogP contribution in [0.3, 0.4) is 0 Å². The maximum absolute atomic E-state index is 13.3. The zero-order chi connectivity index (χ0) is 17.2. The van der Waals surface area contributed by atoms with Crippen LogP contribution in [0.2, 0.25) is 5.02 Å². The topological polar surface area (TPSA) is 20.3 Å². The number of amides is 1. The summed E-state index contributed by atoms with van der Waals surface area (Å²) in [5.74, 6) is 0.358. The van der Waals surface area contributed by atoms with Gasteiger partial charge in [-0.05, 0) is 48.3 Å². The third kappa shape index (κ3) is 4.06. The van der Waals surface area contributed by atoms with E-state index in [-0.39, 0.29) is 23.1 Å². The van der Waals surface area contributed by atoms with E-state index in [0.717, 1.165) is 37.9 Å². The molecule has 1 aliphatic heterocycles. The number of piperidine rings is 1. The minimum Gasteiger partial charge on any atom is -0.342 e. The minimum atomic E-state index is -0.308. The first-order valence-electron chi connectivity index (χ1n) is 8.48. The van der Waals surface area contributed by atoms with Crippen molar-refractivity contribution in [3.05, 3.63) is 34.6 Å². The van der Waals surface area contributed by atoms with Crippen molar-refractivity contribution in [1.29, 1.82) is 0 Å². The van der Waals surface area contributed by atoms with E-state index in [2.05, 4.69) is 13.8 Å². The van der Waals surface area contributed by atoms with Crippen LogP contribution in [0.5, 0.6) is 0 Å². The molecule has 1 amide bonds. The zero-order valence-electron chi connectivity index (χ0n) is 14.5. The van der Waals surface area contributed by atoms with Crippen molar-refractivity contribution in [3.63, 3.8) is 0 Å². The van der Waals surface area contributed by atoms with E-state index in [0.29, 0.717) is 10.9 Å². The van der Waals surface area contributed by atoms with E-state index in [1.165, 1.54) is 12.1 Å². The Morgan fingerprint density at radius 1 is 1.35 bits per heavy atom. The summed E-state index contributed by atoms with van der Waals surface area (Å²) in [5, 5.41) is 0.484. The smallest absolute Gasteiger partial charge is 0.225 e. The Bertz CT molecular complexity index is 572. The number of nitrogens with zero attached hydrogens (tertiary/aromatic N) is 1. The number of halogens is 2. The molecule has 23 heavy (non-hydrogen) atoms. The molecule has 0 radical (unpaired) electrons. The van der Waals surface area contributed by atoms with Crippen molar-refractivity contribution in [3.8, 4) is 0 Å². The molecule has 128 valence electrons. The highest BCUT2D eigenvalue weighted by molar-refractivity contribution is 6.31. The summed E-state index contributed by atoms with van der Waals surface area (Å²) in [6.07, 6.45) is 2.86. The number of carbonyl (C=O) groups is 1. The number of carbonyl (C=O) groups excluding carboxylic acids is 1. The molecule has 2 nitrogen and oxygen atoms in total. The summed E-state index contributed by atoms with van der Waals surface area (Å²) in [5.41, 5.74) is 0.977. The molecular weight excluding hydrogens is 313 g/mol. The van der Waals surface area contributed by atoms with Gasteiger partial charge >= 0.3 is 0 Å². The van der Waals surface area contributed by atoms with Gasteiger partial charge in [-0.25, -0.2) is 4.39 Å². The second-order valence-electron chi connectivity index (χ2n) is 7.45. The molecule has 1 fully saturated rings. The van der Waals surface area contributed by atoms with Gasteiger partial charge in [-0.1, -0.05) is 45.4 Å². The number of rotatable bonds is 4. The molecule has 1 atom stereocenters. The molecule has 0 aromatic heterocycles. The lowest BCUT2D eigenvalue weighted by Gasteiger charge is -2.46. The van der Waals surface area contributed by atoms with Crippen LogP contribution < -0.4 is 0 Å². The standard InChI is InChI=1S/C19H27ClFNO/c1-13(2)18(23)22-9-5-8-19(12-22,14(3)4)11-15-6-7-16(21)10-17(15)20/h6-7,10,13-14H,5,8-9,11-12H2,1-4H3/t19-/m1/s1. The maximum Gasteiger partial charge on any atom is 0.225 e. The number of hydrogen-bond acceptors (Lipinski definition) is 1. The predicted molar refractivity (Wildman–Crippen MR) is 93.0 cm³/mol. The van der Waals surface area contributed by atoms with Crippen LogP contribution >= 0.6 is 11.6 Å². The van der Waals surface area contributed by atoms with Crippen molar-refractivity contribution < 1.29 is 9.18 Å². The molecule has 0 unspecified atom stereocenters. The summed E-state index contributed by atoms with van der Waals surface area (Å²) >= 11 is 6.24. The lowest BCUT2D eigenvalue weighted by molar-refractivity contribution is -0.139. The second kappa shape index (κ2) is 7.21. The predicted octanol–water partition coefficient (Wildman–Crippen LogP) is 4.94. The molecule has 0 bridgehead atoms. The van der Waals surface area contributed by atoms with E-state index in [1.807, 2.05) is 18.7 Å². The summed E-state index contributed by atoms with van der Waals surface area (Å²) in [6.45, 7) is 9.91. The zero-order valence-corrected chi connectivity index (χ0v) is 15.3. The normalized spacial score (nSPS) is 22.0. The Labute approximate surface area is 144 Å². The molecule has 4 heteroatoms. The highest BCUT2D eigenvalue weighted by atomic mass is 35.5. The Morgan fingerprint density at radius 2 is 2.04 bits per heavy atom. The lowest BCUT2D eigenvalue weighted by Crippen LogP contribution is -2.50. The number of hydrogen-bond donors (Lipinski definition) is 0. The fourth-order valence-corrected chi connectivity index (χ4v) is 3.81. The molecule has 0 saturated carbocycles. The van der Waals surface area contributed by atoms with E-state index in [4.69, 9.17) is 11.6 Å². The first kappa shape index (κ1) is 18.3. The summed E-state index contributed by atoms with van der Waals surface area (Å²) in [4.78, 5) is 14.4. The minimum absolute atomic E-state index is 0.00424. The van der Waals surface area contributed by atoms with E-state index in [1.54, 1.807) is 6.07 Å². The highest BCUT2D eigenvalue weighted by Gasteiger charge is 2.40. The molecule has 2 rings (SSSR count). The fourth-order valence-electron chi connectivity index (χ4n) is 3.58. The van der Waals surface area contributed by atoms with Gasteiger partial charge in [0.25, 0.3) is 0 Å². The summed E-state index contributed by atoms with van der Waals surface area (Å²) < 4.78 is 13.3. The molecule has 1 heterocycles. The molecule has 0 aliphatic carbocycles. The summed E-state index contributed by atoms with van der Waals surface area (Å²) in [7, 11) is 0. The molecule has 0 spiro atoms. The Kier molecular flexibility index (Phi) is 5.72. The van der Waals surface area contributed by atoms with Crippen molar-refractivity contribution >= 4 is 17.5 Å². The highest BCUT2D eigenvalue weighted by Crippen LogP contribution is 2.41. The van der Waals surface area contributed by atoms with E-state index < -0.39 is 0 Å². The van der Waals surface area contributed by atoms with Gasteiger partial charge in [0.15, 0.2) is 0 Å². The van der Waals surface area contributed by atoms with Crippen LogP contribution in [0.4, 0.5) is 4.39 Å². The van der Waals surface area contributed by atoms with Crippen molar-refractivity contribution in [2.24, 2.45) is 17.3 Å². The van der Waals surface area contributed by atoms with Crippen molar-refractivity contribution in [1.82, 2.24) is 4.90 Å². The summed E-state index contributed by atoms with van der Waals surface area (Å²) in [6, 6.07) is 4.63. The fraction of sp³-hybridized carbons (Fsp3) is 0.632. The van der Waals surface area contributed by atoms with Crippen LogP contribution in [-0.2, 0) is 11.2 Å². The maximum atomic E-state index is 13.3. The third-order valence-electron chi connectivity index (χ3n) is 5.20. The van der Waals surface area contributed by atoms with Gasteiger partial charge in [-0.15, -0.1) is 0 Å². The average molecular weight is 340 g/mol. The van der Waals surface area contributed by atoms with Gasteiger partial charge in [-0.3, -0.25) is 4.79 Å².